The minimum atomic E-state index is -1.53. The molecular formula is C29H22F6. The fraction of sp³-hybridized carbons (Fsp3) is 0.172. The van der Waals surface area contributed by atoms with E-state index in [0.717, 1.165) is 12.1 Å². The maximum absolute atomic E-state index is 14.7. The van der Waals surface area contributed by atoms with Crippen LogP contribution < -0.4 is 0 Å². The second kappa shape index (κ2) is 10.4. The monoisotopic (exact) mass is 484 g/mol. The fourth-order valence-corrected chi connectivity index (χ4v) is 4.08. The molecule has 0 amide bonds. The van der Waals surface area contributed by atoms with Crippen molar-refractivity contribution in [1.82, 2.24) is 0 Å². The lowest BCUT2D eigenvalue weighted by Crippen LogP contribution is -1.99. The predicted molar refractivity (Wildman–Crippen MR) is 125 cm³/mol. The van der Waals surface area contributed by atoms with E-state index in [0.29, 0.717) is 40.7 Å². The van der Waals surface area contributed by atoms with E-state index in [1.165, 1.54) is 6.07 Å². The molecule has 0 N–H and O–H groups in total. The van der Waals surface area contributed by atoms with Gasteiger partial charge in [0.25, 0.3) is 0 Å². The number of halogens is 6. The van der Waals surface area contributed by atoms with Gasteiger partial charge in [-0.3, -0.25) is 0 Å². The molecule has 0 atom stereocenters. The van der Waals surface area contributed by atoms with Crippen LogP contribution in [-0.2, 0) is 19.3 Å². The van der Waals surface area contributed by atoms with Gasteiger partial charge in [0.15, 0.2) is 29.1 Å². The molecule has 0 radical (unpaired) electrons. The third kappa shape index (κ3) is 5.26. The molecule has 4 aromatic rings. The smallest absolute Gasteiger partial charge is 0.194 e. The van der Waals surface area contributed by atoms with E-state index < -0.39 is 34.9 Å². The summed E-state index contributed by atoms with van der Waals surface area (Å²) < 4.78 is 83.5. The zero-order valence-electron chi connectivity index (χ0n) is 18.9. The molecule has 0 fully saturated rings. The number of rotatable bonds is 7. The first-order chi connectivity index (χ1) is 16.8. The Kier molecular flexibility index (Phi) is 7.29. The standard InChI is InChI=1S/C29H22F6/c1-2-3-21-12-13-23(28(34)27(21)33)19-8-6-18(7-9-19)22-11-10-20(24(30)16-22)5-4-17-14-25(31)29(35)26(32)15-17/h6-16H,2-5H2,1H3. The third-order valence-corrected chi connectivity index (χ3v) is 5.99. The van der Waals surface area contributed by atoms with Crippen molar-refractivity contribution in [2.75, 3.05) is 0 Å². The SMILES string of the molecule is CCCc1ccc(-c2ccc(-c3ccc(CCc4cc(F)c(F)c(F)c4)c(F)c3)cc2)c(F)c1F. The van der Waals surface area contributed by atoms with Gasteiger partial charge in [0.2, 0.25) is 0 Å². The number of benzene rings is 4. The lowest BCUT2D eigenvalue weighted by molar-refractivity contribution is 0.445. The molecular weight excluding hydrogens is 462 g/mol. The Labute approximate surface area is 199 Å². The lowest BCUT2D eigenvalue weighted by atomic mass is 9.96. The fourth-order valence-electron chi connectivity index (χ4n) is 4.08. The summed E-state index contributed by atoms with van der Waals surface area (Å²) in [5.41, 5.74) is 2.85. The second-order valence-corrected chi connectivity index (χ2v) is 8.41. The van der Waals surface area contributed by atoms with Gasteiger partial charge in [-0.05, 0) is 70.8 Å². The van der Waals surface area contributed by atoms with Gasteiger partial charge in [-0.15, -0.1) is 0 Å². The van der Waals surface area contributed by atoms with Crippen LogP contribution in [0.1, 0.15) is 30.0 Å². The minimum absolute atomic E-state index is 0.137. The van der Waals surface area contributed by atoms with Gasteiger partial charge >= 0.3 is 0 Å². The van der Waals surface area contributed by atoms with Crippen LogP contribution in [0.5, 0.6) is 0 Å². The summed E-state index contributed by atoms with van der Waals surface area (Å²) in [6, 6.07) is 16.3. The molecule has 0 saturated heterocycles. The highest BCUT2D eigenvalue weighted by Crippen LogP contribution is 2.30. The van der Waals surface area contributed by atoms with Gasteiger partial charge < -0.3 is 0 Å². The molecule has 4 rings (SSSR count). The Morgan fingerprint density at radius 2 is 1.09 bits per heavy atom. The first-order valence-corrected chi connectivity index (χ1v) is 11.3. The highest BCUT2D eigenvalue weighted by atomic mass is 19.2. The zero-order valence-corrected chi connectivity index (χ0v) is 18.9. The molecule has 0 nitrogen and oxygen atoms in total. The number of aryl methyl sites for hydroxylation is 3. The first kappa shape index (κ1) is 24.6. The lowest BCUT2D eigenvalue weighted by Gasteiger charge is -2.10. The largest absolute Gasteiger partial charge is 0.207 e. The number of hydrogen-bond acceptors (Lipinski definition) is 0. The van der Waals surface area contributed by atoms with Gasteiger partial charge in [-0.2, -0.15) is 0 Å². The molecule has 0 unspecified atom stereocenters. The van der Waals surface area contributed by atoms with E-state index >= 15 is 0 Å². The van der Waals surface area contributed by atoms with Crippen LogP contribution >= 0.6 is 0 Å². The molecule has 0 heterocycles. The summed E-state index contributed by atoms with van der Waals surface area (Å²) >= 11 is 0. The van der Waals surface area contributed by atoms with Crippen molar-refractivity contribution in [2.45, 2.75) is 32.6 Å². The Morgan fingerprint density at radius 3 is 1.71 bits per heavy atom. The van der Waals surface area contributed by atoms with Gasteiger partial charge in [0, 0.05) is 5.56 Å². The summed E-state index contributed by atoms with van der Waals surface area (Å²) in [6.07, 6.45) is 1.48. The normalized spacial score (nSPS) is 11.2. The van der Waals surface area contributed by atoms with E-state index in [1.807, 2.05) is 6.92 Å². The van der Waals surface area contributed by atoms with Crippen LogP contribution in [0.25, 0.3) is 22.3 Å². The van der Waals surface area contributed by atoms with E-state index in [9.17, 15) is 26.3 Å². The van der Waals surface area contributed by atoms with Crippen LogP contribution in [0.4, 0.5) is 26.3 Å². The van der Waals surface area contributed by atoms with E-state index in [2.05, 4.69) is 0 Å². The average Bonchev–Trinajstić information content (AvgIpc) is 2.85. The van der Waals surface area contributed by atoms with Gasteiger partial charge in [-0.1, -0.05) is 61.9 Å². The third-order valence-electron chi connectivity index (χ3n) is 5.99. The maximum atomic E-state index is 14.7. The maximum Gasteiger partial charge on any atom is 0.194 e. The van der Waals surface area contributed by atoms with Crippen molar-refractivity contribution < 1.29 is 26.3 Å². The molecule has 0 aromatic heterocycles. The van der Waals surface area contributed by atoms with E-state index in [4.69, 9.17) is 0 Å². The van der Waals surface area contributed by atoms with Crippen molar-refractivity contribution in [3.63, 3.8) is 0 Å². The molecule has 35 heavy (non-hydrogen) atoms. The minimum Gasteiger partial charge on any atom is -0.207 e. The molecule has 6 heteroatoms. The van der Waals surface area contributed by atoms with Crippen molar-refractivity contribution in [2.24, 2.45) is 0 Å². The van der Waals surface area contributed by atoms with Crippen LogP contribution in [-0.4, -0.2) is 0 Å². The van der Waals surface area contributed by atoms with Crippen molar-refractivity contribution >= 4 is 0 Å². The topological polar surface area (TPSA) is 0 Å². The van der Waals surface area contributed by atoms with Crippen molar-refractivity contribution in [3.8, 4) is 22.3 Å². The van der Waals surface area contributed by atoms with Crippen LogP contribution in [0.15, 0.2) is 66.7 Å². The van der Waals surface area contributed by atoms with Crippen molar-refractivity contribution in [3.05, 3.63) is 118 Å². The Morgan fingerprint density at radius 1 is 0.486 bits per heavy atom. The Hall–Kier alpha value is -3.54. The molecule has 0 aliphatic carbocycles. The predicted octanol–water partition coefficient (Wildman–Crippen LogP) is 8.59. The summed E-state index contributed by atoms with van der Waals surface area (Å²) in [7, 11) is 0. The van der Waals surface area contributed by atoms with E-state index in [-0.39, 0.29) is 24.0 Å². The molecule has 0 spiro atoms. The van der Waals surface area contributed by atoms with Crippen LogP contribution in [0, 0.1) is 34.9 Å². The quantitative estimate of drug-likeness (QED) is 0.182. The summed E-state index contributed by atoms with van der Waals surface area (Å²) in [5.74, 6) is -6.30. The zero-order chi connectivity index (χ0) is 25.1. The van der Waals surface area contributed by atoms with E-state index in [1.54, 1.807) is 48.5 Å². The molecule has 0 bridgehead atoms. The van der Waals surface area contributed by atoms with Crippen LogP contribution in [0.3, 0.4) is 0 Å². The Bertz CT molecular complexity index is 1340. The van der Waals surface area contributed by atoms with Gasteiger partial charge in [-0.25, -0.2) is 26.3 Å². The van der Waals surface area contributed by atoms with Gasteiger partial charge in [0.1, 0.15) is 5.82 Å². The average molecular weight is 484 g/mol. The summed E-state index contributed by atoms with van der Waals surface area (Å²) in [6.45, 7) is 1.90. The first-order valence-electron chi connectivity index (χ1n) is 11.3. The Balaban J connectivity index is 1.50. The summed E-state index contributed by atoms with van der Waals surface area (Å²) in [4.78, 5) is 0. The van der Waals surface area contributed by atoms with Gasteiger partial charge in [0.05, 0.1) is 0 Å². The second-order valence-electron chi connectivity index (χ2n) is 8.41. The summed E-state index contributed by atoms with van der Waals surface area (Å²) in [5, 5.41) is 0. The molecule has 180 valence electrons. The van der Waals surface area contributed by atoms with Crippen molar-refractivity contribution in [1.29, 1.82) is 0 Å². The number of hydrogen-bond donors (Lipinski definition) is 0. The highest BCUT2D eigenvalue weighted by Gasteiger charge is 2.15. The molecule has 4 aromatic carbocycles. The molecule has 0 saturated carbocycles. The van der Waals surface area contributed by atoms with Crippen LogP contribution in [0.2, 0.25) is 0 Å². The molecule has 0 aliphatic heterocycles. The molecule has 0 aliphatic rings. The highest BCUT2D eigenvalue weighted by molar-refractivity contribution is 5.71.